The standard InChI is InChI=1S/C23H23ClN4O4S/c1-16-9-10-18(12-20(16)24)28(33(2,31)32)15-22(29)27-21-8-4-3-7-19(21)23(30)26-14-17-6-5-11-25-13-17/h3-13H,14-15H2,1-2H3,(H,26,30)(H,27,29). The number of carbonyl (C=O) groups excluding carboxylic acids is 2. The fourth-order valence-corrected chi connectivity index (χ4v) is 4.05. The number of nitrogens with one attached hydrogen (secondary N) is 2. The van der Waals surface area contributed by atoms with Crippen LogP contribution >= 0.6 is 11.6 Å². The van der Waals surface area contributed by atoms with Gasteiger partial charge in [-0.05, 0) is 48.4 Å². The van der Waals surface area contributed by atoms with Crippen LogP contribution in [0.2, 0.25) is 5.02 Å². The first-order valence-corrected chi connectivity index (χ1v) is 12.2. The van der Waals surface area contributed by atoms with Crippen LogP contribution in [0, 0.1) is 6.92 Å². The smallest absolute Gasteiger partial charge is 0.253 e. The predicted octanol–water partition coefficient (Wildman–Crippen LogP) is 3.38. The Balaban J connectivity index is 1.75. The molecule has 33 heavy (non-hydrogen) atoms. The lowest BCUT2D eigenvalue weighted by atomic mass is 10.1. The second-order valence-electron chi connectivity index (χ2n) is 7.34. The summed E-state index contributed by atoms with van der Waals surface area (Å²) in [5.74, 6) is -0.996. The van der Waals surface area contributed by atoms with E-state index in [1.54, 1.807) is 61.8 Å². The second-order valence-corrected chi connectivity index (χ2v) is 9.65. The van der Waals surface area contributed by atoms with Gasteiger partial charge in [0, 0.05) is 24.0 Å². The molecule has 0 radical (unpaired) electrons. The van der Waals surface area contributed by atoms with Gasteiger partial charge in [0.15, 0.2) is 0 Å². The highest BCUT2D eigenvalue weighted by Crippen LogP contribution is 2.25. The highest BCUT2D eigenvalue weighted by atomic mass is 35.5. The van der Waals surface area contributed by atoms with Crippen molar-refractivity contribution in [2.24, 2.45) is 0 Å². The number of rotatable bonds is 8. The largest absolute Gasteiger partial charge is 0.348 e. The highest BCUT2D eigenvalue weighted by Gasteiger charge is 2.22. The summed E-state index contributed by atoms with van der Waals surface area (Å²) in [6, 6.07) is 14.8. The minimum atomic E-state index is -3.77. The number of hydrogen-bond acceptors (Lipinski definition) is 5. The lowest BCUT2D eigenvalue weighted by Gasteiger charge is -2.22. The van der Waals surface area contributed by atoms with E-state index < -0.39 is 22.5 Å². The van der Waals surface area contributed by atoms with E-state index in [4.69, 9.17) is 11.6 Å². The third-order valence-corrected chi connectivity index (χ3v) is 6.30. The molecule has 0 aliphatic rings. The third kappa shape index (κ3) is 6.53. The Morgan fingerprint density at radius 1 is 1.09 bits per heavy atom. The lowest BCUT2D eigenvalue weighted by Crippen LogP contribution is -2.37. The zero-order chi connectivity index (χ0) is 24.0. The summed E-state index contributed by atoms with van der Waals surface area (Å²) in [4.78, 5) is 29.5. The van der Waals surface area contributed by atoms with Crippen molar-refractivity contribution in [3.8, 4) is 0 Å². The Bertz CT molecular complexity index is 1270. The van der Waals surface area contributed by atoms with Crippen LogP contribution in [-0.2, 0) is 21.4 Å². The van der Waals surface area contributed by atoms with Gasteiger partial charge in [0.2, 0.25) is 15.9 Å². The zero-order valence-corrected chi connectivity index (χ0v) is 19.7. The number of carbonyl (C=O) groups is 2. The SMILES string of the molecule is Cc1ccc(N(CC(=O)Nc2ccccc2C(=O)NCc2cccnc2)S(C)(=O)=O)cc1Cl. The molecule has 3 aromatic rings. The van der Waals surface area contributed by atoms with Crippen LogP contribution in [0.4, 0.5) is 11.4 Å². The summed E-state index contributed by atoms with van der Waals surface area (Å²) < 4.78 is 25.6. The van der Waals surface area contributed by atoms with Gasteiger partial charge in [0.25, 0.3) is 5.91 Å². The lowest BCUT2D eigenvalue weighted by molar-refractivity contribution is -0.114. The van der Waals surface area contributed by atoms with E-state index in [0.717, 1.165) is 21.7 Å². The molecule has 0 aliphatic heterocycles. The number of aromatic nitrogens is 1. The number of sulfonamides is 1. The number of halogens is 1. The van der Waals surface area contributed by atoms with E-state index in [0.29, 0.717) is 5.02 Å². The van der Waals surface area contributed by atoms with Crippen molar-refractivity contribution in [3.63, 3.8) is 0 Å². The minimum absolute atomic E-state index is 0.249. The molecule has 2 amide bonds. The number of pyridine rings is 1. The molecule has 1 heterocycles. The number of nitrogens with zero attached hydrogens (tertiary/aromatic N) is 2. The van der Waals surface area contributed by atoms with E-state index in [2.05, 4.69) is 15.6 Å². The van der Waals surface area contributed by atoms with Gasteiger partial charge in [-0.2, -0.15) is 0 Å². The Morgan fingerprint density at radius 2 is 1.85 bits per heavy atom. The number of para-hydroxylation sites is 1. The molecule has 0 spiro atoms. The maximum Gasteiger partial charge on any atom is 0.253 e. The third-order valence-electron chi connectivity index (χ3n) is 4.75. The molecular formula is C23H23ClN4O4S. The second kappa shape index (κ2) is 10.5. The molecule has 0 unspecified atom stereocenters. The first-order chi connectivity index (χ1) is 15.6. The number of benzene rings is 2. The van der Waals surface area contributed by atoms with Crippen LogP contribution in [-0.4, -0.2) is 38.0 Å². The number of anilines is 2. The van der Waals surface area contributed by atoms with Gasteiger partial charge in [0.1, 0.15) is 6.54 Å². The van der Waals surface area contributed by atoms with Gasteiger partial charge < -0.3 is 10.6 Å². The summed E-state index contributed by atoms with van der Waals surface area (Å²) in [7, 11) is -3.77. The van der Waals surface area contributed by atoms with Gasteiger partial charge in [-0.15, -0.1) is 0 Å². The number of aryl methyl sites for hydroxylation is 1. The average Bonchev–Trinajstić information content (AvgIpc) is 2.78. The van der Waals surface area contributed by atoms with Crippen molar-refractivity contribution >= 4 is 44.8 Å². The number of hydrogen-bond donors (Lipinski definition) is 2. The molecule has 0 saturated heterocycles. The van der Waals surface area contributed by atoms with E-state index in [1.807, 2.05) is 6.07 Å². The minimum Gasteiger partial charge on any atom is -0.348 e. The molecular weight excluding hydrogens is 464 g/mol. The van der Waals surface area contributed by atoms with E-state index in [9.17, 15) is 18.0 Å². The molecule has 3 rings (SSSR count). The first-order valence-electron chi connectivity index (χ1n) is 9.95. The summed E-state index contributed by atoms with van der Waals surface area (Å²) in [5, 5.41) is 5.80. The first kappa shape index (κ1) is 24.2. The quantitative estimate of drug-likeness (QED) is 0.507. The van der Waals surface area contributed by atoms with Crippen LogP contribution in [0.1, 0.15) is 21.5 Å². The van der Waals surface area contributed by atoms with Crippen molar-refractivity contribution in [2.75, 3.05) is 22.4 Å². The Labute approximate surface area is 197 Å². The molecule has 1 aromatic heterocycles. The molecule has 172 valence electrons. The molecule has 10 heteroatoms. The Morgan fingerprint density at radius 3 is 2.52 bits per heavy atom. The molecule has 0 aliphatic carbocycles. The maximum absolute atomic E-state index is 12.8. The molecule has 0 saturated carbocycles. The average molecular weight is 487 g/mol. The fraction of sp³-hybridized carbons (Fsp3) is 0.174. The summed E-state index contributed by atoms with van der Waals surface area (Å²) in [6.07, 6.45) is 4.29. The van der Waals surface area contributed by atoms with Gasteiger partial charge in [0.05, 0.1) is 23.2 Å². The van der Waals surface area contributed by atoms with Crippen LogP contribution in [0.25, 0.3) is 0 Å². The van der Waals surface area contributed by atoms with Gasteiger partial charge in [-0.25, -0.2) is 8.42 Å². The molecule has 2 N–H and O–H groups in total. The van der Waals surface area contributed by atoms with E-state index >= 15 is 0 Å². The van der Waals surface area contributed by atoms with Crippen molar-refractivity contribution < 1.29 is 18.0 Å². The van der Waals surface area contributed by atoms with Gasteiger partial charge in [-0.3, -0.25) is 18.9 Å². The zero-order valence-electron chi connectivity index (χ0n) is 18.1. The van der Waals surface area contributed by atoms with Crippen LogP contribution in [0.3, 0.4) is 0 Å². The van der Waals surface area contributed by atoms with Gasteiger partial charge >= 0.3 is 0 Å². The normalized spacial score (nSPS) is 11.0. The van der Waals surface area contributed by atoms with Crippen LogP contribution < -0.4 is 14.9 Å². The van der Waals surface area contributed by atoms with Crippen molar-refractivity contribution in [3.05, 3.63) is 88.7 Å². The topological polar surface area (TPSA) is 108 Å². The molecule has 0 atom stereocenters. The van der Waals surface area contributed by atoms with Crippen molar-refractivity contribution in [1.29, 1.82) is 0 Å². The van der Waals surface area contributed by atoms with E-state index in [-0.39, 0.29) is 29.4 Å². The molecule has 0 bridgehead atoms. The monoisotopic (exact) mass is 486 g/mol. The van der Waals surface area contributed by atoms with Crippen molar-refractivity contribution in [1.82, 2.24) is 10.3 Å². The van der Waals surface area contributed by atoms with Gasteiger partial charge in [-0.1, -0.05) is 35.9 Å². The fourth-order valence-electron chi connectivity index (χ4n) is 3.03. The highest BCUT2D eigenvalue weighted by molar-refractivity contribution is 7.92. The number of amides is 2. The predicted molar refractivity (Wildman–Crippen MR) is 129 cm³/mol. The van der Waals surface area contributed by atoms with E-state index in [1.165, 1.54) is 6.07 Å². The summed E-state index contributed by atoms with van der Waals surface area (Å²) in [5.41, 5.74) is 2.39. The molecule has 0 fully saturated rings. The maximum atomic E-state index is 12.8. The van der Waals surface area contributed by atoms with Crippen LogP contribution in [0.15, 0.2) is 67.0 Å². The Kier molecular flexibility index (Phi) is 7.67. The van der Waals surface area contributed by atoms with Crippen LogP contribution in [0.5, 0.6) is 0 Å². The molecule has 2 aromatic carbocycles. The summed E-state index contributed by atoms with van der Waals surface area (Å²) in [6.45, 7) is 1.58. The molecule has 8 nitrogen and oxygen atoms in total. The van der Waals surface area contributed by atoms with Crippen molar-refractivity contribution in [2.45, 2.75) is 13.5 Å². The Hall–Kier alpha value is -3.43. The summed E-state index contributed by atoms with van der Waals surface area (Å²) >= 11 is 6.13.